The van der Waals surface area contributed by atoms with E-state index in [0.29, 0.717) is 4.83 Å². The average Bonchev–Trinajstić information content (AvgIpc) is 1.96. The fraction of sp³-hybridized carbons (Fsp3) is 0.444. The van der Waals surface area contributed by atoms with Crippen molar-refractivity contribution in [2.24, 2.45) is 0 Å². The summed E-state index contributed by atoms with van der Waals surface area (Å²) in [7, 11) is 0. The molecule has 0 aromatic carbocycles. The normalized spacial score (nSPS) is 14.4. The summed E-state index contributed by atoms with van der Waals surface area (Å²) in [5.41, 5.74) is 0. The molecule has 0 amide bonds. The van der Waals surface area contributed by atoms with Crippen LogP contribution < -0.4 is 0 Å². The van der Waals surface area contributed by atoms with E-state index in [9.17, 15) is 4.79 Å². The van der Waals surface area contributed by atoms with Crippen molar-refractivity contribution in [3.05, 3.63) is 24.3 Å². The zero-order valence-corrected chi connectivity index (χ0v) is 8.25. The highest BCUT2D eigenvalue weighted by atomic mass is 79.9. The maximum atomic E-state index is 9.83. The van der Waals surface area contributed by atoms with E-state index in [0.717, 1.165) is 19.1 Å². The molecule has 0 radical (unpaired) electrons. The highest BCUT2D eigenvalue weighted by Gasteiger charge is 1.87. The first kappa shape index (κ1) is 10.6. The van der Waals surface area contributed by atoms with Crippen LogP contribution in [0.5, 0.6) is 0 Å². The Morgan fingerprint density at radius 3 is 2.64 bits per heavy atom. The second-order valence-corrected chi connectivity index (χ2v) is 3.85. The molecule has 2 heteroatoms. The number of hydrogen-bond acceptors (Lipinski definition) is 1. The van der Waals surface area contributed by atoms with Crippen molar-refractivity contribution in [2.45, 2.75) is 24.6 Å². The summed E-state index contributed by atoms with van der Waals surface area (Å²) < 4.78 is 0. The zero-order chi connectivity index (χ0) is 8.53. The molecule has 0 aromatic rings. The Hall–Kier alpha value is -0.370. The van der Waals surface area contributed by atoms with Crippen LogP contribution >= 0.6 is 15.9 Å². The number of carbonyl (C=O) groups excluding carboxylic acids is 1. The minimum Gasteiger partial charge on any atom is -0.299 e. The molecule has 62 valence electrons. The number of allylic oxidation sites excluding steroid dienone is 4. The van der Waals surface area contributed by atoms with Crippen molar-refractivity contribution in [1.29, 1.82) is 0 Å². The molecule has 0 aliphatic carbocycles. The van der Waals surface area contributed by atoms with Gasteiger partial charge in [0.1, 0.15) is 6.29 Å². The SMILES string of the molecule is CC(Br)C/C=C/C/C=C/C=O. The van der Waals surface area contributed by atoms with Gasteiger partial charge in [0.25, 0.3) is 0 Å². The third kappa shape index (κ3) is 9.63. The van der Waals surface area contributed by atoms with Gasteiger partial charge in [0.2, 0.25) is 0 Å². The molecule has 0 fully saturated rings. The summed E-state index contributed by atoms with van der Waals surface area (Å²) in [4.78, 5) is 10.4. The number of rotatable bonds is 5. The quantitative estimate of drug-likeness (QED) is 0.299. The van der Waals surface area contributed by atoms with Crippen molar-refractivity contribution >= 4 is 22.2 Å². The lowest BCUT2D eigenvalue weighted by Gasteiger charge is -1.92. The monoisotopic (exact) mass is 216 g/mol. The van der Waals surface area contributed by atoms with E-state index in [-0.39, 0.29) is 0 Å². The lowest BCUT2D eigenvalue weighted by atomic mass is 10.3. The van der Waals surface area contributed by atoms with Gasteiger partial charge >= 0.3 is 0 Å². The lowest BCUT2D eigenvalue weighted by molar-refractivity contribution is -0.104. The van der Waals surface area contributed by atoms with E-state index in [1.165, 1.54) is 6.08 Å². The second-order valence-electron chi connectivity index (χ2n) is 2.29. The Morgan fingerprint density at radius 1 is 1.36 bits per heavy atom. The molecule has 0 heterocycles. The highest BCUT2D eigenvalue weighted by molar-refractivity contribution is 9.09. The van der Waals surface area contributed by atoms with Crippen LogP contribution in [0, 0.1) is 0 Å². The smallest absolute Gasteiger partial charge is 0.142 e. The molecule has 0 aromatic heterocycles. The number of carbonyl (C=O) groups is 1. The van der Waals surface area contributed by atoms with Gasteiger partial charge in [-0.2, -0.15) is 0 Å². The zero-order valence-electron chi connectivity index (χ0n) is 6.66. The van der Waals surface area contributed by atoms with Crippen LogP contribution in [0.25, 0.3) is 0 Å². The van der Waals surface area contributed by atoms with Gasteiger partial charge < -0.3 is 0 Å². The summed E-state index contributed by atoms with van der Waals surface area (Å²) in [6.45, 7) is 2.10. The maximum Gasteiger partial charge on any atom is 0.142 e. The molecule has 11 heavy (non-hydrogen) atoms. The number of aldehydes is 1. The Balaban J connectivity index is 3.30. The van der Waals surface area contributed by atoms with E-state index in [4.69, 9.17) is 0 Å². The Bertz CT molecular complexity index is 148. The second kappa shape index (κ2) is 7.73. The van der Waals surface area contributed by atoms with Crippen LogP contribution in [0.15, 0.2) is 24.3 Å². The molecule has 0 rings (SSSR count). The summed E-state index contributed by atoms with van der Waals surface area (Å²) in [5, 5.41) is 0. The van der Waals surface area contributed by atoms with Crippen LogP contribution in [0.2, 0.25) is 0 Å². The van der Waals surface area contributed by atoms with Crippen LogP contribution in [-0.2, 0) is 4.79 Å². The molecule has 0 saturated carbocycles. The molecular formula is C9H13BrO. The van der Waals surface area contributed by atoms with Crippen LogP contribution in [0.3, 0.4) is 0 Å². The number of hydrogen-bond donors (Lipinski definition) is 0. The third-order valence-corrected chi connectivity index (χ3v) is 1.49. The first-order valence-corrected chi connectivity index (χ1v) is 4.58. The molecule has 0 bridgehead atoms. The third-order valence-electron chi connectivity index (χ3n) is 1.11. The van der Waals surface area contributed by atoms with Gasteiger partial charge in [0.15, 0.2) is 0 Å². The molecule has 0 aliphatic rings. The molecule has 1 atom stereocenters. The summed E-state index contributed by atoms with van der Waals surface area (Å²) in [5.74, 6) is 0. The minimum absolute atomic E-state index is 0.536. The van der Waals surface area contributed by atoms with Crippen molar-refractivity contribution in [3.63, 3.8) is 0 Å². The van der Waals surface area contributed by atoms with E-state index in [2.05, 4.69) is 35.0 Å². The van der Waals surface area contributed by atoms with Gasteiger partial charge in [-0.3, -0.25) is 4.79 Å². The van der Waals surface area contributed by atoms with Crippen molar-refractivity contribution in [3.8, 4) is 0 Å². The molecular weight excluding hydrogens is 204 g/mol. The van der Waals surface area contributed by atoms with E-state index >= 15 is 0 Å². The van der Waals surface area contributed by atoms with E-state index in [1.54, 1.807) is 0 Å². The van der Waals surface area contributed by atoms with Crippen LogP contribution in [-0.4, -0.2) is 11.1 Å². The fourth-order valence-corrected chi connectivity index (χ4v) is 0.808. The maximum absolute atomic E-state index is 9.83. The summed E-state index contributed by atoms with van der Waals surface area (Å²) in [6, 6.07) is 0. The Kier molecular flexibility index (Phi) is 7.47. The van der Waals surface area contributed by atoms with Crippen LogP contribution in [0.4, 0.5) is 0 Å². The van der Waals surface area contributed by atoms with Gasteiger partial charge in [-0.1, -0.05) is 41.1 Å². The summed E-state index contributed by atoms with van der Waals surface area (Å²) >= 11 is 3.43. The van der Waals surface area contributed by atoms with E-state index in [1.807, 2.05) is 6.08 Å². The van der Waals surface area contributed by atoms with E-state index < -0.39 is 0 Å². The topological polar surface area (TPSA) is 17.1 Å². The van der Waals surface area contributed by atoms with Gasteiger partial charge in [-0.05, 0) is 18.9 Å². The number of alkyl halides is 1. The Labute approximate surface area is 76.3 Å². The van der Waals surface area contributed by atoms with Crippen molar-refractivity contribution in [2.75, 3.05) is 0 Å². The summed E-state index contributed by atoms with van der Waals surface area (Å²) in [6.07, 6.45) is 10.2. The number of halogens is 1. The molecule has 0 spiro atoms. The van der Waals surface area contributed by atoms with Gasteiger partial charge in [0.05, 0.1) is 0 Å². The first-order chi connectivity index (χ1) is 5.27. The van der Waals surface area contributed by atoms with Crippen molar-refractivity contribution in [1.82, 2.24) is 0 Å². The van der Waals surface area contributed by atoms with Crippen molar-refractivity contribution < 1.29 is 4.79 Å². The van der Waals surface area contributed by atoms with Gasteiger partial charge in [-0.25, -0.2) is 0 Å². The minimum atomic E-state index is 0.536. The predicted molar refractivity (Wildman–Crippen MR) is 52.0 cm³/mol. The van der Waals surface area contributed by atoms with Gasteiger partial charge in [0, 0.05) is 4.83 Å². The molecule has 0 saturated heterocycles. The molecule has 1 nitrogen and oxygen atoms in total. The average molecular weight is 217 g/mol. The predicted octanol–water partition coefficient (Wildman–Crippen LogP) is 2.86. The molecule has 1 unspecified atom stereocenters. The van der Waals surface area contributed by atoms with Crippen LogP contribution in [0.1, 0.15) is 19.8 Å². The fourth-order valence-electron chi connectivity index (χ4n) is 0.593. The molecule has 0 N–H and O–H groups in total. The Morgan fingerprint density at radius 2 is 2.09 bits per heavy atom. The largest absolute Gasteiger partial charge is 0.299 e. The standard InChI is InChI=1S/C9H13BrO/c1-9(10)7-5-3-2-4-6-8-11/h3-6,8-9H,2,7H2,1H3/b5-3+,6-4+. The highest BCUT2D eigenvalue weighted by Crippen LogP contribution is 2.03. The molecule has 0 aliphatic heterocycles. The van der Waals surface area contributed by atoms with Gasteiger partial charge in [-0.15, -0.1) is 0 Å². The first-order valence-electron chi connectivity index (χ1n) is 3.66. The lowest BCUT2D eigenvalue weighted by Crippen LogP contribution is -1.83.